The highest BCUT2D eigenvalue weighted by molar-refractivity contribution is 8.00. The first kappa shape index (κ1) is 14.1. The van der Waals surface area contributed by atoms with Gasteiger partial charge in [0.05, 0.1) is 17.5 Å². The summed E-state index contributed by atoms with van der Waals surface area (Å²) in [4.78, 5) is 25.8. The molecule has 2 aromatic carbocycles. The Labute approximate surface area is 126 Å². The first-order chi connectivity index (χ1) is 10.2. The lowest BCUT2D eigenvalue weighted by Gasteiger charge is -2.15. The fraction of sp³-hybridized carbons (Fsp3) is 0.250. The first-order valence-electron chi connectivity index (χ1n) is 6.79. The summed E-state index contributed by atoms with van der Waals surface area (Å²) in [6.45, 7) is 0.0125. The minimum absolute atomic E-state index is 0.0125. The average molecular weight is 301 g/mol. The molecule has 1 saturated heterocycles. The van der Waals surface area contributed by atoms with E-state index in [0.717, 1.165) is 10.8 Å². The molecule has 1 fully saturated rings. The van der Waals surface area contributed by atoms with Crippen molar-refractivity contribution in [1.82, 2.24) is 0 Å². The van der Waals surface area contributed by atoms with E-state index in [2.05, 4.69) is 0 Å². The smallest absolute Gasteiger partial charge is 0.247 e. The van der Waals surface area contributed by atoms with Crippen molar-refractivity contribution in [3.63, 3.8) is 0 Å². The van der Waals surface area contributed by atoms with Gasteiger partial charge in [-0.15, -0.1) is 11.8 Å². The van der Waals surface area contributed by atoms with Crippen molar-refractivity contribution in [2.24, 2.45) is 0 Å². The monoisotopic (exact) mass is 301 g/mol. The Hall–Kier alpha value is -1.85. The van der Waals surface area contributed by atoms with Crippen molar-refractivity contribution in [3.8, 4) is 0 Å². The number of benzene rings is 2. The highest BCUT2D eigenvalue weighted by atomic mass is 32.2. The number of aliphatic hydroxyl groups is 1. The maximum Gasteiger partial charge on any atom is 0.247 e. The van der Waals surface area contributed by atoms with Gasteiger partial charge in [0.1, 0.15) is 0 Å². The van der Waals surface area contributed by atoms with Crippen LogP contribution in [0.2, 0.25) is 0 Å². The molecule has 0 aliphatic carbocycles. The number of hydrogen-bond donors (Lipinski definition) is 1. The van der Waals surface area contributed by atoms with Crippen molar-refractivity contribution >= 4 is 40.0 Å². The number of imide groups is 1. The molecule has 0 aromatic heterocycles. The number of thioether (sulfide) groups is 1. The molecule has 0 bridgehead atoms. The molecule has 2 amide bonds. The van der Waals surface area contributed by atoms with E-state index < -0.39 is 0 Å². The number of aliphatic hydroxyl groups excluding tert-OH is 1. The van der Waals surface area contributed by atoms with Crippen molar-refractivity contribution < 1.29 is 14.7 Å². The maximum absolute atomic E-state index is 12.4. The van der Waals surface area contributed by atoms with Crippen LogP contribution in [0.25, 0.3) is 10.8 Å². The molecule has 1 heterocycles. The molecule has 5 heteroatoms. The lowest BCUT2D eigenvalue weighted by atomic mass is 10.1. The lowest BCUT2D eigenvalue weighted by molar-refractivity contribution is -0.121. The summed E-state index contributed by atoms with van der Waals surface area (Å²) in [5, 5.41) is 10.5. The summed E-state index contributed by atoms with van der Waals surface area (Å²) in [7, 11) is 0. The average Bonchev–Trinajstić information content (AvgIpc) is 2.79. The molecule has 108 valence electrons. The number of carbonyl (C=O) groups is 2. The summed E-state index contributed by atoms with van der Waals surface area (Å²) in [6, 6.07) is 13.4. The Balaban J connectivity index is 1.90. The first-order valence-corrected chi connectivity index (χ1v) is 7.83. The Bertz CT molecular complexity index is 701. The van der Waals surface area contributed by atoms with Crippen molar-refractivity contribution in [2.75, 3.05) is 17.3 Å². The van der Waals surface area contributed by atoms with Crippen LogP contribution in [0.15, 0.2) is 42.5 Å². The van der Waals surface area contributed by atoms with Gasteiger partial charge in [0.15, 0.2) is 0 Å². The second-order valence-corrected chi connectivity index (χ2v) is 6.20. The van der Waals surface area contributed by atoms with E-state index in [-0.39, 0.29) is 30.1 Å². The fourth-order valence-electron chi connectivity index (χ4n) is 2.52. The highest BCUT2D eigenvalue weighted by Gasteiger charge is 2.39. The van der Waals surface area contributed by atoms with Crippen LogP contribution < -0.4 is 4.90 Å². The van der Waals surface area contributed by atoms with Crippen LogP contribution >= 0.6 is 11.8 Å². The van der Waals surface area contributed by atoms with Crippen LogP contribution in [0.4, 0.5) is 5.69 Å². The van der Waals surface area contributed by atoms with Crippen molar-refractivity contribution in [2.45, 2.75) is 11.7 Å². The van der Waals surface area contributed by atoms with Gasteiger partial charge in [0.25, 0.3) is 0 Å². The molecule has 21 heavy (non-hydrogen) atoms. The van der Waals surface area contributed by atoms with Crippen LogP contribution in [-0.4, -0.2) is 34.5 Å². The zero-order chi connectivity index (χ0) is 14.8. The standard InChI is InChI=1S/C16H15NO3S/c18-7-8-21-14-10-15(19)17(16(14)20)13-6-5-11-3-1-2-4-12(11)9-13/h1-6,9,14,18H,7-8,10H2/t14-/m1/s1. The van der Waals surface area contributed by atoms with Gasteiger partial charge in [-0.3, -0.25) is 9.59 Å². The molecular formula is C16H15NO3S. The molecule has 0 saturated carbocycles. The molecule has 2 aromatic rings. The summed E-state index contributed by atoms with van der Waals surface area (Å²) < 4.78 is 0. The quantitative estimate of drug-likeness (QED) is 0.880. The third-order valence-corrected chi connectivity index (χ3v) is 4.70. The molecule has 0 spiro atoms. The highest BCUT2D eigenvalue weighted by Crippen LogP contribution is 2.31. The van der Waals surface area contributed by atoms with Crippen LogP contribution in [-0.2, 0) is 9.59 Å². The zero-order valence-corrected chi connectivity index (χ0v) is 12.2. The maximum atomic E-state index is 12.4. The topological polar surface area (TPSA) is 57.6 Å². The Morgan fingerprint density at radius 3 is 2.67 bits per heavy atom. The van der Waals surface area contributed by atoms with E-state index in [9.17, 15) is 9.59 Å². The van der Waals surface area contributed by atoms with Crippen molar-refractivity contribution in [3.05, 3.63) is 42.5 Å². The number of rotatable bonds is 4. The molecule has 1 aliphatic rings. The molecule has 0 unspecified atom stereocenters. The van der Waals surface area contributed by atoms with Gasteiger partial charge in [-0.05, 0) is 22.9 Å². The second-order valence-electron chi connectivity index (χ2n) is 4.89. The predicted molar refractivity (Wildman–Crippen MR) is 84.4 cm³/mol. The van der Waals surface area contributed by atoms with Gasteiger partial charge < -0.3 is 5.11 Å². The van der Waals surface area contributed by atoms with Crippen LogP contribution in [0.1, 0.15) is 6.42 Å². The van der Waals surface area contributed by atoms with Gasteiger partial charge in [-0.2, -0.15) is 0 Å². The van der Waals surface area contributed by atoms with E-state index in [4.69, 9.17) is 5.11 Å². The molecule has 0 radical (unpaired) electrons. The Morgan fingerprint density at radius 2 is 1.90 bits per heavy atom. The number of anilines is 1. The molecule has 1 aliphatic heterocycles. The minimum atomic E-state index is -0.379. The Morgan fingerprint density at radius 1 is 1.14 bits per heavy atom. The summed E-state index contributed by atoms with van der Waals surface area (Å²) in [6.07, 6.45) is 0.205. The third kappa shape index (κ3) is 2.66. The Kier molecular flexibility index (Phi) is 3.94. The summed E-state index contributed by atoms with van der Waals surface area (Å²) >= 11 is 1.34. The number of amides is 2. The van der Waals surface area contributed by atoms with Gasteiger partial charge in [-0.25, -0.2) is 4.90 Å². The largest absolute Gasteiger partial charge is 0.396 e. The van der Waals surface area contributed by atoms with Gasteiger partial charge in [0, 0.05) is 12.2 Å². The van der Waals surface area contributed by atoms with Gasteiger partial charge in [0.2, 0.25) is 11.8 Å². The van der Waals surface area contributed by atoms with Crippen molar-refractivity contribution in [1.29, 1.82) is 0 Å². The second kappa shape index (κ2) is 5.87. The minimum Gasteiger partial charge on any atom is -0.396 e. The van der Waals surface area contributed by atoms with Crippen LogP contribution in [0, 0.1) is 0 Å². The SMILES string of the molecule is O=C1C[C@@H](SCCO)C(=O)N1c1ccc2ccccc2c1. The molecule has 3 rings (SSSR count). The number of hydrogen-bond acceptors (Lipinski definition) is 4. The normalized spacial score (nSPS) is 18.7. The third-order valence-electron chi connectivity index (χ3n) is 3.51. The number of fused-ring (bicyclic) bond motifs is 1. The van der Waals surface area contributed by atoms with E-state index in [1.54, 1.807) is 6.07 Å². The number of nitrogens with zero attached hydrogens (tertiary/aromatic N) is 1. The molecule has 4 nitrogen and oxygen atoms in total. The fourth-order valence-corrected chi connectivity index (χ4v) is 3.41. The summed E-state index contributed by atoms with van der Waals surface area (Å²) in [5.41, 5.74) is 0.621. The van der Waals surface area contributed by atoms with E-state index in [1.165, 1.54) is 16.7 Å². The molecule has 1 N–H and O–H groups in total. The van der Waals surface area contributed by atoms with Crippen LogP contribution in [0.5, 0.6) is 0 Å². The predicted octanol–water partition coefficient (Wildman–Crippen LogP) is 2.20. The zero-order valence-electron chi connectivity index (χ0n) is 11.4. The van der Waals surface area contributed by atoms with E-state index >= 15 is 0 Å². The van der Waals surface area contributed by atoms with E-state index in [1.807, 2.05) is 36.4 Å². The summed E-state index contributed by atoms with van der Waals surface area (Å²) in [5.74, 6) is 0.106. The van der Waals surface area contributed by atoms with Crippen LogP contribution in [0.3, 0.4) is 0 Å². The molecule has 1 atom stereocenters. The molecular weight excluding hydrogens is 286 g/mol. The van der Waals surface area contributed by atoms with E-state index in [0.29, 0.717) is 11.4 Å². The number of carbonyl (C=O) groups excluding carboxylic acids is 2. The van der Waals surface area contributed by atoms with Gasteiger partial charge in [-0.1, -0.05) is 30.3 Å². The lowest BCUT2D eigenvalue weighted by Crippen LogP contribution is -2.31. The van der Waals surface area contributed by atoms with Gasteiger partial charge >= 0.3 is 0 Å².